The molecule has 3 atom stereocenters. The van der Waals surface area contributed by atoms with Gasteiger partial charge < -0.3 is 14.2 Å². The Hall–Kier alpha value is -1.93. The fourth-order valence-electron chi connectivity index (χ4n) is 2.39. The number of esters is 1. The molecule has 0 amide bonds. The predicted molar refractivity (Wildman–Crippen MR) is 101 cm³/mol. The van der Waals surface area contributed by atoms with Crippen LogP contribution in [0.1, 0.15) is 39.2 Å². The lowest BCUT2D eigenvalue weighted by molar-refractivity contribution is -0.158. The molecule has 0 heterocycles. The Bertz CT molecular complexity index is 669. The van der Waals surface area contributed by atoms with Crippen LogP contribution < -0.4 is 4.72 Å². The van der Waals surface area contributed by atoms with E-state index in [-0.39, 0.29) is 12.5 Å². The summed E-state index contributed by atoms with van der Waals surface area (Å²) in [4.78, 5) is 24.4. The molecule has 1 aromatic carbocycles. The van der Waals surface area contributed by atoms with Gasteiger partial charge in [0.2, 0.25) is 6.10 Å². The lowest BCUT2D eigenvalue weighted by Gasteiger charge is -2.28. The van der Waals surface area contributed by atoms with Gasteiger partial charge in [0, 0.05) is 0 Å². The van der Waals surface area contributed by atoms with Gasteiger partial charge in [-0.15, -0.1) is 0 Å². The Morgan fingerprint density at radius 3 is 2.37 bits per heavy atom. The van der Waals surface area contributed by atoms with Crippen LogP contribution in [0.4, 0.5) is 4.79 Å². The van der Waals surface area contributed by atoms with Gasteiger partial charge in [-0.1, -0.05) is 30.3 Å². The maximum absolute atomic E-state index is 12.7. The lowest BCUT2D eigenvalue weighted by atomic mass is 10.1. The Labute approximate surface area is 162 Å². The summed E-state index contributed by atoms with van der Waals surface area (Å²) in [6, 6.07) is 8.60. The van der Waals surface area contributed by atoms with E-state index in [1.807, 2.05) is 51.1 Å². The minimum atomic E-state index is -1.43. The second-order valence-corrected chi connectivity index (χ2v) is 9.45. The number of rotatable bonds is 8. The number of carbonyl (C=O) groups is 2. The molecule has 1 N–H and O–H groups in total. The molecule has 0 aromatic heterocycles. The normalized spacial score (nSPS) is 17.5. The van der Waals surface area contributed by atoms with Gasteiger partial charge in [0.05, 0.1) is 28.9 Å². The van der Waals surface area contributed by atoms with E-state index < -0.39 is 40.0 Å². The van der Waals surface area contributed by atoms with Gasteiger partial charge in [-0.05, 0) is 45.1 Å². The number of hydrogen-bond acceptors (Lipinski definition) is 6. The molecular formula is C19H27NO6S. The quantitative estimate of drug-likeness (QED) is 0.678. The van der Waals surface area contributed by atoms with Crippen LogP contribution in [0, 0.1) is 5.92 Å². The Kier molecular flexibility index (Phi) is 7.38. The predicted octanol–water partition coefficient (Wildman–Crippen LogP) is 2.71. The van der Waals surface area contributed by atoms with Gasteiger partial charge in [-0.25, -0.2) is 18.5 Å². The van der Waals surface area contributed by atoms with Crippen molar-refractivity contribution in [2.24, 2.45) is 5.92 Å². The summed E-state index contributed by atoms with van der Waals surface area (Å²) in [6.07, 6.45) is -0.511. The summed E-state index contributed by atoms with van der Waals surface area (Å²) in [6.45, 7) is 5.53. The summed E-state index contributed by atoms with van der Waals surface area (Å²) in [5.41, 5.74) is 0.817. The zero-order valence-corrected chi connectivity index (χ0v) is 16.9. The van der Waals surface area contributed by atoms with Crippen molar-refractivity contribution in [1.29, 1.82) is 0 Å². The standard InChI is InChI=1S/C19H27NO6S/c1-19(2,3)27(23)20-15(14-10-11-14)16(26-18(22)24-4)17(21)25-12-13-8-6-5-7-9-13/h5-9,14-16,20H,10-12H2,1-4H3/t15-,16+,27?/m0/s1. The molecule has 1 unspecified atom stereocenters. The van der Waals surface area contributed by atoms with E-state index in [0.717, 1.165) is 18.4 Å². The Balaban J connectivity index is 2.13. The molecule has 1 aromatic rings. The molecule has 7 nitrogen and oxygen atoms in total. The van der Waals surface area contributed by atoms with Gasteiger partial charge in [-0.3, -0.25) is 0 Å². The van der Waals surface area contributed by atoms with Gasteiger partial charge >= 0.3 is 12.1 Å². The largest absolute Gasteiger partial charge is 0.508 e. The van der Waals surface area contributed by atoms with E-state index in [4.69, 9.17) is 9.47 Å². The van der Waals surface area contributed by atoms with E-state index in [0.29, 0.717) is 0 Å². The van der Waals surface area contributed by atoms with Gasteiger partial charge in [-0.2, -0.15) is 0 Å². The third kappa shape index (κ3) is 6.62. The average Bonchev–Trinajstić information content (AvgIpc) is 3.47. The van der Waals surface area contributed by atoms with E-state index >= 15 is 0 Å². The first kappa shape index (κ1) is 21.4. The summed E-state index contributed by atoms with van der Waals surface area (Å²) in [5.74, 6) is -0.616. The first-order valence-electron chi connectivity index (χ1n) is 8.85. The van der Waals surface area contributed by atoms with Crippen LogP contribution in [-0.2, 0) is 36.6 Å². The van der Waals surface area contributed by atoms with Crippen LogP contribution in [0.25, 0.3) is 0 Å². The topological polar surface area (TPSA) is 90.9 Å². The average molecular weight is 397 g/mol. The minimum Gasteiger partial charge on any atom is -0.458 e. The summed E-state index contributed by atoms with van der Waals surface area (Å²) < 4.78 is 30.1. The van der Waals surface area contributed by atoms with Gasteiger partial charge in [0.15, 0.2) is 0 Å². The highest BCUT2D eigenvalue weighted by atomic mass is 32.2. The molecule has 0 saturated heterocycles. The third-order valence-electron chi connectivity index (χ3n) is 4.10. The lowest BCUT2D eigenvalue weighted by Crippen LogP contribution is -2.52. The SMILES string of the molecule is COC(=O)O[C@@H](C(=O)OCc1ccccc1)[C@@H](NS(=O)C(C)(C)C)C1CC1. The molecule has 8 heteroatoms. The highest BCUT2D eigenvalue weighted by molar-refractivity contribution is 7.84. The second-order valence-electron chi connectivity index (χ2n) is 7.45. The summed E-state index contributed by atoms with van der Waals surface area (Å²) >= 11 is 0. The molecule has 27 heavy (non-hydrogen) atoms. The Morgan fingerprint density at radius 2 is 1.85 bits per heavy atom. The second kappa shape index (κ2) is 9.32. The number of ether oxygens (including phenoxy) is 3. The fourth-order valence-corrected chi connectivity index (χ4v) is 3.31. The van der Waals surface area contributed by atoms with Crippen molar-refractivity contribution in [2.45, 2.75) is 57.1 Å². The van der Waals surface area contributed by atoms with Crippen molar-refractivity contribution in [1.82, 2.24) is 4.72 Å². The van der Waals surface area contributed by atoms with Crippen LogP contribution in [0.15, 0.2) is 30.3 Å². The van der Waals surface area contributed by atoms with Crippen molar-refractivity contribution < 1.29 is 28.0 Å². The van der Waals surface area contributed by atoms with Crippen molar-refractivity contribution in [3.63, 3.8) is 0 Å². The molecule has 0 spiro atoms. The van der Waals surface area contributed by atoms with Crippen molar-refractivity contribution in [3.8, 4) is 0 Å². The summed E-state index contributed by atoms with van der Waals surface area (Å²) in [5, 5.41) is 0. The molecule has 0 bridgehead atoms. The van der Waals surface area contributed by atoms with Crippen LogP contribution in [-0.4, -0.2) is 40.3 Å². The highest BCUT2D eigenvalue weighted by Gasteiger charge is 2.45. The molecule has 1 saturated carbocycles. The van der Waals surface area contributed by atoms with Crippen LogP contribution in [0.2, 0.25) is 0 Å². The molecule has 150 valence electrons. The van der Waals surface area contributed by atoms with E-state index in [2.05, 4.69) is 9.46 Å². The minimum absolute atomic E-state index is 0.0560. The fraction of sp³-hybridized carbons (Fsp3) is 0.579. The first-order valence-corrected chi connectivity index (χ1v) is 10.0. The number of hydrogen-bond donors (Lipinski definition) is 1. The van der Waals surface area contributed by atoms with E-state index in [1.165, 1.54) is 7.11 Å². The number of nitrogens with one attached hydrogen (secondary N) is 1. The molecule has 1 fully saturated rings. The van der Waals surface area contributed by atoms with Crippen LogP contribution >= 0.6 is 0 Å². The van der Waals surface area contributed by atoms with E-state index in [9.17, 15) is 13.8 Å². The molecule has 2 rings (SSSR count). The van der Waals surface area contributed by atoms with Gasteiger partial charge in [0.1, 0.15) is 6.61 Å². The third-order valence-corrected chi connectivity index (χ3v) is 5.70. The van der Waals surface area contributed by atoms with Crippen molar-refractivity contribution >= 4 is 23.1 Å². The number of benzene rings is 1. The molecular weight excluding hydrogens is 370 g/mol. The molecule has 0 aliphatic heterocycles. The molecule has 1 aliphatic carbocycles. The maximum atomic E-state index is 12.7. The zero-order chi connectivity index (χ0) is 20.0. The van der Waals surface area contributed by atoms with Gasteiger partial charge in [0.25, 0.3) is 0 Å². The monoisotopic (exact) mass is 397 g/mol. The van der Waals surface area contributed by atoms with Crippen molar-refractivity contribution in [2.75, 3.05) is 7.11 Å². The van der Waals surface area contributed by atoms with Crippen LogP contribution in [0.5, 0.6) is 0 Å². The number of methoxy groups -OCH3 is 1. The first-order chi connectivity index (χ1) is 12.7. The van der Waals surface area contributed by atoms with Crippen LogP contribution in [0.3, 0.4) is 0 Å². The molecule has 0 radical (unpaired) electrons. The smallest absolute Gasteiger partial charge is 0.458 e. The maximum Gasteiger partial charge on any atom is 0.508 e. The summed E-state index contributed by atoms with van der Waals surface area (Å²) in [7, 11) is -0.263. The Morgan fingerprint density at radius 1 is 1.22 bits per heavy atom. The van der Waals surface area contributed by atoms with Crippen molar-refractivity contribution in [3.05, 3.63) is 35.9 Å². The molecule has 1 aliphatic rings. The highest BCUT2D eigenvalue weighted by Crippen LogP contribution is 2.36. The zero-order valence-electron chi connectivity index (χ0n) is 16.1. The number of carbonyl (C=O) groups excluding carboxylic acids is 2. The van der Waals surface area contributed by atoms with E-state index in [1.54, 1.807) is 0 Å².